The van der Waals surface area contributed by atoms with E-state index < -0.39 is 5.97 Å². The molecule has 0 fully saturated rings. The fourth-order valence-electron chi connectivity index (χ4n) is 0.888. The van der Waals surface area contributed by atoms with Crippen molar-refractivity contribution in [2.75, 3.05) is 0 Å². The van der Waals surface area contributed by atoms with Crippen molar-refractivity contribution in [1.82, 2.24) is 15.3 Å². The van der Waals surface area contributed by atoms with Gasteiger partial charge in [-0.15, -0.1) is 0 Å². The maximum absolute atomic E-state index is 10.3. The Kier molecular flexibility index (Phi) is 1.98. The zero-order valence-corrected chi connectivity index (χ0v) is 6.88. The van der Waals surface area contributed by atoms with Gasteiger partial charge in [-0.1, -0.05) is 10.3 Å². The molecule has 72 valence electrons. The summed E-state index contributed by atoms with van der Waals surface area (Å²) in [6.07, 6.45) is 1.06. The molecule has 0 spiro atoms. The zero-order chi connectivity index (χ0) is 9.97. The normalized spacial score (nSPS) is 10.3. The Morgan fingerprint density at radius 3 is 3.00 bits per heavy atom. The van der Waals surface area contributed by atoms with Gasteiger partial charge in [0.2, 0.25) is 11.7 Å². The molecule has 14 heavy (non-hydrogen) atoms. The highest BCUT2D eigenvalue weighted by molar-refractivity contribution is 5.68. The molecule has 0 saturated heterocycles. The number of carbonyl (C=O) groups is 1. The monoisotopic (exact) mass is 195 g/mol. The van der Waals surface area contributed by atoms with Crippen LogP contribution in [0, 0.1) is 0 Å². The van der Waals surface area contributed by atoms with E-state index in [4.69, 9.17) is 5.11 Å². The minimum atomic E-state index is -1.03. The predicted molar refractivity (Wildman–Crippen MR) is 41.1 cm³/mol. The van der Waals surface area contributed by atoms with Crippen LogP contribution < -0.4 is 0 Å². The van der Waals surface area contributed by atoms with E-state index in [2.05, 4.69) is 24.3 Å². The Morgan fingerprint density at radius 1 is 1.50 bits per heavy atom. The largest absolute Gasteiger partial charge is 0.481 e. The van der Waals surface area contributed by atoms with Crippen molar-refractivity contribution in [1.29, 1.82) is 0 Å². The van der Waals surface area contributed by atoms with Crippen molar-refractivity contribution < 1.29 is 18.9 Å². The van der Waals surface area contributed by atoms with Gasteiger partial charge < -0.3 is 14.2 Å². The van der Waals surface area contributed by atoms with Crippen LogP contribution in [0.15, 0.2) is 21.4 Å². The number of aromatic nitrogens is 3. The third-order valence-corrected chi connectivity index (χ3v) is 1.44. The lowest BCUT2D eigenvalue weighted by Crippen LogP contribution is -1.99. The topological polar surface area (TPSA) is 102 Å². The van der Waals surface area contributed by atoms with Crippen LogP contribution in [0.1, 0.15) is 5.89 Å². The van der Waals surface area contributed by atoms with Crippen LogP contribution in [-0.2, 0) is 11.2 Å². The molecule has 7 heteroatoms. The quantitative estimate of drug-likeness (QED) is 0.753. The van der Waals surface area contributed by atoms with E-state index in [1.54, 1.807) is 6.07 Å². The molecule has 0 aliphatic heterocycles. The van der Waals surface area contributed by atoms with E-state index in [0.717, 1.165) is 0 Å². The van der Waals surface area contributed by atoms with E-state index in [0.29, 0.717) is 5.69 Å². The Bertz CT molecular complexity index is 433. The van der Waals surface area contributed by atoms with Gasteiger partial charge in [-0.05, 0) is 0 Å². The van der Waals surface area contributed by atoms with Crippen LogP contribution in [0.25, 0.3) is 11.5 Å². The SMILES string of the molecule is O=C(O)Cc1nc(-c2ccon2)no1. The number of aliphatic carboxylic acids is 1. The molecule has 1 N–H and O–H groups in total. The number of nitrogens with zero attached hydrogens (tertiary/aromatic N) is 3. The number of rotatable bonds is 3. The molecule has 0 aliphatic carbocycles. The summed E-state index contributed by atoms with van der Waals surface area (Å²) < 4.78 is 9.25. The molecule has 7 nitrogen and oxygen atoms in total. The smallest absolute Gasteiger partial charge is 0.312 e. The van der Waals surface area contributed by atoms with Crippen molar-refractivity contribution in [3.8, 4) is 11.5 Å². The summed E-state index contributed by atoms with van der Waals surface area (Å²) in [5.74, 6) is -0.772. The maximum atomic E-state index is 10.3. The number of hydrogen-bond donors (Lipinski definition) is 1. The second kappa shape index (κ2) is 3.29. The standard InChI is InChI=1S/C7H5N3O4/c11-6(12)3-5-8-7(10-14-5)4-1-2-13-9-4/h1-2H,3H2,(H,11,12). The van der Waals surface area contributed by atoms with Gasteiger partial charge in [0.05, 0.1) is 0 Å². The van der Waals surface area contributed by atoms with Crippen LogP contribution in [0.3, 0.4) is 0 Å². The molecule has 0 aliphatic rings. The van der Waals surface area contributed by atoms with E-state index in [1.807, 2.05) is 0 Å². The lowest BCUT2D eigenvalue weighted by atomic mass is 10.4. The highest BCUT2D eigenvalue weighted by atomic mass is 16.5. The summed E-state index contributed by atoms with van der Waals surface area (Å²) >= 11 is 0. The van der Waals surface area contributed by atoms with Crippen LogP contribution in [0.4, 0.5) is 0 Å². The molecule has 0 amide bonds. The van der Waals surface area contributed by atoms with Gasteiger partial charge in [0.1, 0.15) is 12.7 Å². The Hall–Kier alpha value is -2.18. The summed E-state index contributed by atoms with van der Waals surface area (Å²) in [5.41, 5.74) is 0.408. The molecule has 2 aromatic rings. The van der Waals surface area contributed by atoms with Crippen LogP contribution in [0.2, 0.25) is 0 Å². The summed E-state index contributed by atoms with van der Waals surface area (Å²) in [6, 6.07) is 1.55. The fraction of sp³-hybridized carbons (Fsp3) is 0.143. The van der Waals surface area contributed by atoms with Crippen molar-refractivity contribution in [3.63, 3.8) is 0 Å². The van der Waals surface area contributed by atoms with E-state index in [-0.39, 0.29) is 18.1 Å². The molecule has 0 bridgehead atoms. The lowest BCUT2D eigenvalue weighted by Gasteiger charge is -1.82. The first-order valence-corrected chi connectivity index (χ1v) is 3.71. The first-order valence-electron chi connectivity index (χ1n) is 3.71. The van der Waals surface area contributed by atoms with Crippen molar-refractivity contribution in [2.45, 2.75) is 6.42 Å². The summed E-state index contributed by atoms with van der Waals surface area (Å²) in [5, 5.41) is 15.6. The van der Waals surface area contributed by atoms with Gasteiger partial charge in [-0.25, -0.2) is 0 Å². The van der Waals surface area contributed by atoms with E-state index in [1.165, 1.54) is 6.26 Å². The van der Waals surface area contributed by atoms with E-state index >= 15 is 0 Å². The second-order valence-corrected chi connectivity index (χ2v) is 2.47. The lowest BCUT2D eigenvalue weighted by molar-refractivity contribution is -0.136. The van der Waals surface area contributed by atoms with Crippen LogP contribution in [0.5, 0.6) is 0 Å². The van der Waals surface area contributed by atoms with Crippen LogP contribution >= 0.6 is 0 Å². The van der Waals surface area contributed by atoms with Crippen molar-refractivity contribution in [3.05, 3.63) is 18.2 Å². The molecule has 2 rings (SSSR count). The van der Waals surface area contributed by atoms with Crippen molar-refractivity contribution >= 4 is 5.97 Å². The molecular formula is C7H5N3O4. The molecule has 2 heterocycles. The van der Waals surface area contributed by atoms with Gasteiger partial charge in [-0.2, -0.15) is 4.98 Å². The number of carboxylic acids is 1. The van der Waals surface area contributed by atoms with Gasteiger partial charge in [0.15, 0.2) is 5.69 Å². The van der Waals surface area contributed by atoms with Gasteiger partial charge in [-0.3, -0.25) is 4.79 Å². The molecule has 0 saturated carbocycles. The molecule has 0 atom stereocenters. The average Bonchev–Trinajstić information content (AvgIpc) is 2.69. The Morgan fingerprint density at radius 2 is 2.36 bits per heavy atom. The maximum Gasteiger partial charge on any atom is 0.312 e. The first kappa shape index (κ1) is 8.42. The predicted octanol–water partition coefficient (Wildman–Crippen LogP) is 0.352. The summed E-state index contributed by atoms with van der Waals surface area (Å²) in [7, 11) is 0. The Labute approximate surface area is 77.3 Å². The summed E-state index contributed by atoms with van der Waals surface area (Å²) in [6.45, 7) is 0. The fourth-order valence-corrected chi connectivity index (χ4v) is 0.888. The highest BCUT2D eigenvalue weighted by Gasteiger charge is 2.12. The molecular weight excluding hydrogens is 190 g/mol. The summed E-state index contributed by atoms with van der Waals surface area (Å²) in [4.78, 5) is 14.1. The molecule has 0 unspecified atom stereocenters. The molecule has 0 aromatic carbocycles. The zero-order valence-electron chi connectivity index (χ0n) is 6.88. The van der Waals surface area contributed by atoms with E-state index in [9.17, 15) is 4.79 Å². The average molecular weight is 195 g/mol. The highest BCUT2D eigenvalue weighted by Crippen LogP contribution is 2.12. The third-order valence-electron chi connectivity index (χ3n) is 1.44. The molecule has 2 aromatic heterocycles. The minimum absolute atomic E-state index is 0.0375. The van der Waals surface area contributed by atoms with Crippen LogP contribution in [-0.4, -0.2) is 26.4 Å². The first-order chi connectivity index (χ1) is 6.75. The third kappa shape index (κ3) is 1.60. The van der Waals surface area contributed by atoms with Crippen molar-refractivity contribution in [2.24, 2.45) is 0 Å². The number of carboxylic acid groups (broad SMARTS) is 1. The van der Waals surface area contributed by atoms with Gasteiger partial charge in [0.25, 0.3) is 0 Å². The van der Waals surface area contributed by atoms with Gasteiger partial charge in [0, 0.05) is 6.07 Å². The molecule has 0 radical (unpaired) electrons. The Balaban J connectivity index is 2.22. The number of hydrogen-bond acceptors (Lipinski definition) is 6. The van der Waals surface area contributed by atoms with Gasteiger partial charge >= 0.3 is 5.97 Å². The minimum Gasteiger partial charge on any atom is -0.481 e. The second-order valence-electron chi connectivity index (χ2n) is 2.47.